The van der Waals surface area contributed by atoms with E-state index in [0.717, 1.165) is 0 Å². The lowest BCUT2D eigenvalue weighted by molar-refractivity contribution is -0.149. The second kappa shape index (κ2) is 7.61. The Morgan fingerprint density at radius 2 is 1.68 bits per heavy atom. The summed E-state index contributed by atoms with van der Waals surface area (Å²) in [5, 5.41) is 0.580. The highest BCUT2D eigenvalue weighted by molar-refractivity contribution is 6.30. The Morgan fingerprint density at radius 3 is 2.32 bits per heavy atom. The van der Waals surface area contributed by atoms with Gasteiger partial charge in [-0.05, 0) is 31.2 Å². The molecule has 0 heterocycles. The predicted octanol–water partition coefficient (Wildman–Crippen LogP) is 3.53. The van der Waals surface area contributed by atoms with Gasteiger partial charge in [0.2, 0.25) is 0 Å². The molecule has 0 saturated carbocycles. The highest BCUT2D eigenvalue weighted by Crippen LogP contribution is 2.17. The number of esters is 1. The fourth-order valence-corrected chi connectivity index (χ4v) is 1.85. The monoisotopic (exact) mass is 318 g/mol. The smallest absolute Gasteiger partial charge is 0.347 e. The molecule has 0 N–H and O–H groups in total. The Balaban J connectivity index is 1.84. The Hall–Kier alpha value is -2.33. The van der Waals surface area contributed by atoms with E-state index in [1.165, 1.54) is 0 Å². The third kappa shape index (κ3) is 4.60. The van der Waals surface area contributed by atoms with Crippen LogP contribution in [0.1, 0.15) is 17.3 Å². The van der Waals surface area contributed by atoms with Crippen LogP contribution in [0.3, 0.4) is 0 Å². The van der Waals surface area contributed by atoms with Crippen LogP contribution >= 0.6 is 11.6 Å². The van der Waals surface area contributed by atoms with Crippen molar-refractivity contribution in [2.75, 3.05) is 6.61 Å². The molecule has 114 valence electrons. The van der Waals surface area contributed by atoms with E-state index in [9.17, 15) is 9.59 Å². The van der Waals surface area contributed by atoms with Gasteiger partial charge in [0.15, 0.2) is 18.5 Å². The summed E-state index contributed by atoms with van der Waals surface area (Å²) in [4.78, 5) is 23.7. The van der Waals surface area contributed by atoms with Crippen LogP contribution in [0.2, 0.25) is 5.02 Å². The number of ketones is 1. The largest absolute Gasteiger partial charge is 0.479 e. The van der Waals surface area contributed by atoms with Gasteiger partial charge in [0.25, 0.3) is 0 Å². The number of hydrogen-bond acceptors (Lipinski definition) is 4. The van der Waals surface area contributed by atoms with Crippen molar-refractivity contribution in [1.82, 2.24) is 0 Å². The summed E-state index contributed by atoms with van der Waals surface area (Å²) in [6, 6.07) is 15.3. The predicted molar refractivity (Wildman–Crippen MR) is 83.3 cm³/mol. The molecule has 0 aromatic heterocycles. The summed E-state index contributed by atoms with van der Waals surface area (Å²) in [6.07, 6.45) is -0.815. The first-order valence-corrected chi connectivity index (χ1v) is 7.11. The van der Waals surface area contributed by atoms with E-state index in [1.54, 1.807) is 55.5 Å². The number of hydrogen-bond donors (Lipinski definition) is 0. The van der Waals surface area contributed by atoms with E-state index < -0.39 is 12.1 Å². The maximum atomic E-state index is 11.8. The summed E-state index contributed by atoms with van der Waals surface area (Å²) < 4.78 is 10.4. The van der Waals surface area contributed by atoms with Crippen molar-refractivity contribution in [3.05, 3.63) is 65.2 Å². The first kappa shape index (κ1) is 16.0. The minimum absolute atomic E-state index is 0.257. The molecule has 0 fully saturated rings. The van der Waals surface area contributed by atoms with Crippen molar-refractivity contribution in [2.24, 2.45) is 0 Å². The summed E-state index contributed by atoms with van der Waals surface area (Å²) in [5.41, 5.74) is 0.501. The van der Waals surface area contributed by atoms with E-state index in [4.69, 9.17) is 21.1 Å². The molecule has 22 heavy (non-hydrogen) atoms. The molecule has 0 amide bonds. The van der Waals surface area contributed by atoms with Gasteiger partial charge < -0.3 is 9.47 Å². The van der Waals surface area contributed by atoms with Gasteiger partial charge in [0.1, 0.15) is 5.75 Å². The summed E-state index contributed by atoms with van der Waals surface area (Å²) >= 11 is 5.77. The molecule has 5 heteroatoms. The number of carbonyl (C=O) groups excluding carboxylic acids is 2. The molecule has 0 aliphatic heterocycles. The second-order valence-electron chi connectivity index (χ2n) is 4.61. The molecular formula is C17H15ClO4. The lowest BCUT2D eigenvalue weighted by Gasteiger charge is -2.13. The highest BCUT2D eigenvalue weighted by Gasteiger charge is 2.18. The molecule has 1 atom stereocenters. The lowest BCUT2D eigenvalue weighted by atomic mass is 10.1. The number of ether oxygens (including phenoxy) is 2. The Kier molecular flexibility index (Phi) is 5.55. The fraction of sp³-hybridized carbons (Fsp3) is 0.176. The fourth-order valence-electron chi connectivity index (χ4n) is 1.73. The summed E-state index contributed by atoms with van der Waals surface area (Å²) in [7, 11) is 0. The Bertz CT molecular complexity index is 637. The van der Waals surface area contributed by atoms with Crippen LogP contribution in [0.4, 0.5) is 0 Å². The molecule has 0 aliphatic carbocycles. The first-order valence-electron chi connectivity index (χ1n) is 6.73. The van der Waals surface area contributed by atoms with Crippen molar-refractivity contribution in [3.63, 3.8) is 0 Å². The van der Waals surface area contributed by atoms with Gasteiger partial charge in [-0.3, -0.25) is 4.79 Å². The molecular weight excluding hydrogens is 304 g/mol. The quantitative estimate of drug-likeness (QED) is 0.604. The number of halogens is 1. The average molecular weight is 319 g/mol. The van der Waals surface area contributed by atoms with E-state index in [1.807, 2.05) is 6.07 Å². The highest BCUT2D eigenvalue weighted by atomic mass is 35.5. The SMILES string of the molecule is C[C@@H](Oc1ccc(Cl)cc1)C(=O)OCC(=O)c1ccccc1. The van der Waals surface area contributed by atoms with Gasteiger partial charge in [-0.15, -0.1) is 0 Å². The summed E-state index contributed by atoms with van der Waals surface area (Å²) in [5.74, 6) is -0.352. The molecule has 0 aliphatic rings. The molecule has 0 unspecified atom stereocenters. The second-order valence-corrected chi connectivity index (χ2v) is 5.05. The van der Waals surface area contributed by atoms with E-state index in [2.05, 4.69) is 0 Å². The molecule has 0 spiro atoms. The molecule has 0 saturated heterocycles. The third-order valence-electron chi connectivity index (χ3n) is 2.90. The van der Waals surface area contributed by atoms with Crippen molar-refractivity contribution < 1.29 is 19.1 Å². The standard InChI is InChI=1S/C17H15ClO4/c1-12(22-15-9-7-14(18)8-10-15)17(20)21-11-16(19)13-5-3-2-4-6-13/h2-10,12H,11H2,1H3/t12-/m1/s1. The van der Waals surface area contributed by atoms with Crippen LogP contribution in [0, 0.1) is 0 Å². The van der Waals surface area contributed by atoms with Crippen LogP contribution in [0.25, 0.3) is 0 Å². The van der Waals surface area contributed by atoms with Gasteiger partial charge in [0, 0.05) is 10.6 Å². The molecule has 4 nitrogen and oxygen atoms in total. The first-order chi connectivity index (χ1) is 10.6. The van der Waals surface area contributed by atoms with Crippen LogP contribution in [0.5, 0.6) is 5.75 Å². The van der Waals surface area contributed by atoms with Crippen molar-refractivity contribution in [3.8, 4) is 5.75 Å². The van der Waals surface area contributed by atoms with Crippen LogP contribution in [-0.4, -0.2) is 24.5 Å². The number of Topliss-reactive ketones (excluding diaryl/α,β-unsaturated/α-hetero) is 1. The van der Waals surface area contributed by atoms with Gasteiger partial charge in [-0.25, -0.2) is 4.79 Å². The molecule has 2 rings (SSSR count). The molecule has 2 aromatic rings. The Labute approximate surface area is 133 Å². The van der Waals surface area contributed by atoms with E-state index in [-0.39, 0.29) is 12.4 Å². The molecule has 0 radical (unpaired) electrons. The van der Waals surface area contributed by atoms with E-state index in [0.29, 0.717) is 16.3 Å². The number of benzene rings is 2. The Morgan fingerprint density at radius 1 is 1.05 bits per heavy atom. The van der Waals surface area contributed by atoms with Gasteiger partial charge >= 0.3 is 5.97 Å². The van der Waals surface area contributed by atoms with E-state index >= 15 is 0 Å². The molecule has 2 aromatic carbocycles. The number of rotatable bonds is 6. The zero-order valence-electron chi connectivity index (χ0n) is 12.0. The minimum Gasteiger partial charge on any atom is -0.479 e. The van der Waals surface area contributed by atoms with Gasteiger partial charge in [-0.2, -0.15) is 0 Å². The van der Waals surface area contributed by atoms with Crippen LogP contribution in [0.15, 0.2) is 54.6 Å². The zero-order chi connectivity index (χ0) is 15.9. The topological polar surface area (TPSA) is 52.6 Å². The van der Waals surface area contributed by atoms with Crippen molar-refractivity contribution in [2.45, 2.75) is 13.0 Å². The number of carbonyl (C=O) groups is 2. The normalized spacial score (nSPS) is 11.5. The minimum atomic E-state index is -0.815. The third-order valence-corrected chi connectivity index (χ3v) is 3.15. The molecule has 0 bridgehead atoms. The van der Waals surface area contributed by atoms with Gasteiger partial charge in [0.05, 0.1) is 0 Å². The lowest BCUT2D eigenvalue weighted by Crippen LogP contribution is -2.28. The van der Waals surface area contributed by atoms with Crippen LogP contribution < -0.4 is 4.74 Å². The summed E-state index contributed by atoms with van der Waals surface area (Å²) in [6.45, 7) is 1.25. The van der Waals surface area contributed by atoms with Crippen molar-refractivity contribution in [1.29, 1.82) is 0 Å². The van der Waals surface area contributed by atoms with Crippen LogP contribution in [-0.2, 0) is 9.53 Å². The zero-order valence-corrected chi connectivity index (χ0v) is 12.7. The van der Waals surface area contributed by atoms with Crippen molar-refractivity contribution >= 4 is 23.4 Å². The van der Waals surface area contributed by atoms with Gasteiger partial charge in [-0.1, -0.05) is 41.9 Å². The average Bonchev–Trinajstić information content (AvgIpc) is 2.55. The maximum absolute atomic E-state index is 11.8. The maximum Gasteiger partial charge on any atom is 0.347 e.